The third kappa shape index (κ3) is 11.9. The van der Waals surface area contributed by atoms with Crippen molar-refractivity contribution in [2.75, 3.05) is 6.54 Å². The molecule has 0 unspecified atom stereocenters. The second-order valence-electron chi connectivity index (χ2n) is 7.74. The quantitative estimate of drug-likeness (QED) is 0.715. The van der Waals surface area contributed by atoms with Gasteiger partial charge in [0.25, 0.3) is 0 Å². The van der Waals surface area contributed by atoms with Crippen LogP contribution in [0.25, 0.3) is 0 Å². The van der Waals surface area contributed by atoms with Gasteiger partial charge in [-0.25, -0.2) is 0 Å². The van der Waals surface area contributed by atoms with Crippen LogP contribution in [0.3, 0.4) is 0 Å². The number of hydrogen-bond donors (Lipinski definition) is 1. The molecule has 0 aromatic rings. The molecule has 0 amide bonds. The normalized spacial score (nSPS) is 13.4. The van der Waals surface area contributed by atoms with Gasteiger partial charge < -0.3 is 12.2 Å². The summed E-state index contributed by atoms with van der Waals surface area (Å²) in [5.41, 5.74) is 1.01. The molecule has 2 heteroatoms. The molecule has 0 bridgehead atoms. The second kappa shape index (κ2) is 7.60. The Balaban J connectivity index is 0. The molecule has 0 aromatic carbocycles. The van der Waals surface area contributed by atoms with Crippen LogP contribution in [0, 0.1) is 17.8 Å². The molecular weight excluding hydrogens is 283 g/mol. The van der Waals surface area contributed by atoms with E-state index >= 15 is 0 Å². The summed E-state index contributed by atoms with van der Waals surface area (Å²) in [4.78, 5) is 0. The van der Waals surface area contributed by atoms with E-state index in [-0.39, 0.29) is 38.2 Å². The van der Waals surface area contributed by atoms with Crippen molar-refractivity contribution in [3.8, 4) is 0 Å². The monoisotopic (exact) mass is 315 g/mol. The molecule has 0 saturated carbocycles. The zero-order chi connectivity index (χ0) is 13.0. The van der Waals surface area contributed by atoms with Crippen LogP contribution in [0.4, 0.5) is 0 Å². The summed E-state index contributed by atoms with van der Waals surface area (Å²) in [5, 5.41) is 3.59. The van der Waals surface area contributed by atoms with Gasteiger partial charge in [0.2, 0.25) is 0 Å². The Morgan fingerprint density at radius 3 is 1.71 bits per heavy atom. The van der Waals surface area contributed by atoms with Crippen LogP contribution in [-0.2, 0) is 32.7 Å². The van der Waals surface area contributed by atoms with Crippen molar-refractivity contribution in [3.63, 3.8) is 0 Å². The average Bonchev–Trinajstić information content (AvgIpc) is 1.93. The molecule has 0 saturated heterocycles. The predicted molar refractivity (Wildman–Crippen MR) is 74.5 cm³/mol. The van der Waals surface area contributed by atoms with Crippen LogP contribution in [0.15, 0.2) is 0 Å². The van der Waals surface area contributed by atoms with Gasteiger partial charge in [0.15, 0.2) is 0 Å². The van der Waals surface area contributed by atoms with Crippen molar-refractivity contribution in [1.29, 1.82) is 0 Å². The Labute approximate surface area is 135 Å². The van der Waals surface area contributed by atoms with E-state index in [1.807, 2.05) is 0 Å². The summed E-state index contributed by atoms with van der Waals surface area (Å²) in [6.45, 7) is 21.2. The maximum absolute atomic E-state index is 3.88. The summed E-state index contributed by atoms with van der Waals surface area (Å²) in [7, 11) is 0. The minimum atomic E-state index is 0. The molecule has 0 rings (SSSR count). The Morgan fingerprint density at radius 1 is 0.882 bits per heavy atom. The van der Waals surface area contributed by atoms with Gasteiger partial charge in [-0.05, 0) is 44.1 Å². The molecule has 0 spiro atoms. The Morgan fingerprint density at radius 2 is 1.35 bits per heavy atom. The van der Waals surface area contributed by atoms with Crippen LogP contribution >= 0.6 is 0 Å². The van der Waals surface area contributed by atoms with Crippen LogP contribution in [0.5, 0.6) is 0 Å². The maximum atomic E-state index is 3.88. The fraction of sp³-hybridized carbons (Fsp3) is 0.933. The Hall–Kier alpha value is 1.06. The standard InChI is InChI=1S/C15H32N.Y/c1-9-10-16-15(7,8)12-14(5,6)11-13(2,3)4;/h16H,1,9-12H2,2-8H3;/q-1;. The van der Waals surface area contributed by atoms with Gasteiger partial charge >= 0.3 is 0 Å². The minimum absolute atomic E-state index is 0. The molecule has 0 heterocycles. The summed E-state index contributed by atoms with van der Waals surface area (Å²) >= 11 is 0. The third-order valence-corrected chi connectivity index (χ3v) is 2.71. The molecule has 0 aromatic heterocycles. The van der Waals surface area contributed by atoms with E-state index in [9.17, 15) is 0 Å². The smallest absolute Gasteiger partial charge is 0.0129 e. The van der Waals surface area contributed by atoms with Crippen molar-refractivity contribution in [3.05, 3.63) is 6.92 Å². The van der Waals surface area contributed by atoms with Gasteiger partial charge in [0, 0.05) is 38.2 Å². The molecule has 17 heavy (non-hydrogen) atoms. The topological polar surface area (TPSA) is 12.0 Å². The fourth-order valence-corrected chi connectivity index (χ4v) is 3.18. The second-order valence-corrected chi connectivity index (χ2v) is 7.74. The first-order valence-corrected chi connectivity index (χ1v) is 6.52. The number of rotatable bonds is 6. The van der Waals surface area contributed by atoms with Crippen LogP contribution in [-0.4, -0.2) is 12.1 Å². The first-order valence-electron chi connectivity index (χ1n) is 6.52. The van der Waals surface area contributed by atoms with Crippen LogP contribution in [0.1, 0.15) is 67.7 Å². The molecule has 0 aliphatic heterocycles. The molecule has 1 nitrogen and oxygen atoms in total. The zero-order valence-corrected chi connectivity index (χ0v) is 16.0. The minimum Gasteiger partial charge on any atom is -0.342 e. The first kappa shape index (κ1) is 20.4. The van der Waals surface area contributed by atoms with Crippen molar-refractivity contribution in [2.45, 2.75) is 73.3 Å². The molecule has 0 fully saturated rings. The van der Waals surface area contributed by atoms with Gasteiger partial charge in [-0.3, -0.25) is 0 Å². The van der Waals surface area contributed by atoms with E-state index in [4.69, 9.17) is 0 Å². The molecule has 1 radical (unpaired) electrons. The number of hydrogen-bond acceptors (Lipinski definition) is 1. The molecule has 0 atom stereocenters. The van der Waals surface area contributed by atoms with Gasteiger partial charge in [0.05, 0.1) is 0 Å². The average molecular weight is 315 g/mol. The summed E-state index contributed by atoms with van der Waals surface area (Å²) in [6.07, 6.45) is 3.43. The van der Waals surface area contributed by atoms with E-state index in [0.29, 0.717) is 10.8 Å². The molecule has 1 N–H and O–H groups in total. The summed E-state index contributed by atoms with van der Waals surface area (Å²) in [6, 6.07) is 0. The fourth-order valence-electron chi connectivity index (χ4n) is 3.18. The van der Waals surface area contributed by atoms with Crippen molar-refractivity contribution in [2.24, 2.45) is 10.8 Å². The molecule has 0 aliphatic carbocycles. The van der Waals surface area contributed by atoms with E-state index in [1.54, 1.807) is 0 Å². The SMILES string of the molecule is [CH2-]CCNC(C)(C)CC(C)(C)CC(C)(C)C.[Y]. The van der Waals surface area contributed by atoms with E-state index in [0.717, 1.165) is 13.0 Å². The maximum Gasteiger partial charge on any atom is 0.0129 e. The summed E-state index contributed by atoms with van der Waals surface area (Å²) < 4.78 is 0. The molecule has 101 valence electrons. The van der Waals surface area contributed by atoms with Crippen molar-refractivity contribution >= 4 is 0 Å². The van der Waals surface area contributed by atoms with Crippen molar-refractivity contribution < 1.29 is 32.7 Å². The van der Waals surface area contributed by atoms with Gasteiger partial charge in [-0.2, -0.15) is 6.42 Å². The van der Waals surface area contributed by atoms with Crippen LogP contribution in [0.2, 0.25) is 0 Å². The van der Waals surface area contributed by atoms with Gasteiger partial charge in [-0.15, -0.1) is 0 Å². The number of nitrogens with one attached hydrogen (secondary N) is 1. The molecule has 0 aliphatic rings. The van der Waals surface area contributed by atoms with E-state index in [2.05, 4.69) is 60.7 Å². The Kier molecular flexibility index (Phi) is 9.12. The van der Waals surface area contributed by atoms with E-state index < -0.39 is 0 Å². The van der Waals surface area contributed by atoms with Gasteiger partial charge in [0.1, 0.15) is 0 Å². The third-order valence-electron chi connectivity index (χ3n) is 2.71. The largest absolute Gasteiger partial charge is 0.342 e. The van der Waals surface area contributed by atoms with Gasteiger partial charge in [-0.1, -0.05) is 34.6 Å². The zero-order valence-electron chi connectivity index (χ0n) is 13.1. The first-order chi connectivity index (χ1) is 6.97. The predicted octanol–water partition coefficient (Wildman–Crippen LogP) is 4.43. The van der Waals surface area contributed by atoms with Crippen LogP contribution < -0.4 is 5.32 Å². The molecular formula is C15H32NY-. The summed E-state index contributed by atoms with van der Waals surface area (Å²) in [5.74, 6) is 0. The van der Waals surface area contributed by atoms with Crippen molar-refractivity contribution in [1.82, 2.24) is 5.32 Å². The van der Waals surface area contributed by atoms with E-state index in [1.165, 1.54) is 12.8 Å². The Bertz CT molecular complexity index is 201.